The summed E-state index contributed by atoms with van der Waals surface area (Å²) in [7, 11) is -4.15. The van der Waals surface area contributed by atoms with Crippen LogP contribution < -0.4 is 10.2 Å². The Morgan fingerprint density at radius 2 is 1.76 bits per heavy atom. The molecule has 1 aromatic heterocycles. The van der Waals surface area contributed by atoms with E-state index in [0.29, 0.717) is 62.4 Å². The maximum Gasteiger partial charge on any atom is 0.305 e. The minimum atomic E-state index is -4.15. The largest absolute Gasteiger partial charge is 0.488 e. The van der Waals surface area contributed by atoms with Crippen molar-refractivity contribution in [2.75, 3.05) is 46.0 Å². The molecule has 2 amide bonds. The van der Waals surface area contributed by atoms with Crippen molar-refractivity contribution in [3.63, 3.8) is 0 Å². The number of nitrogens with one attached hydrogen (secondary N) is 1. The first kappa shape index (κ1) is 32.2. The average Bonchev–Trinajstić information content (AvgIpc) is 3.39. The van der Waals surface area contributed by atoms with Crippen molar-refractivity contribution in [3.8, 4) is 5.75 Å². The van der Waals surface area contributed by atoms with Crippen molar-refractivity contribution in [2.24, 2.45) is 5.92 Å². The van der Waals surface area contributed by atoms with Gasteiger partial charge in [-0.3, -0.25) is 24.3 Å². The van der Waals surface area contributed by atoms with Crippen molar-refractivity contribution in [1.82, 2.24) is 14.7 Å². The Morgan fingerprint density at radius 3 is 2.50 bits per heavy atom. The molecule has 2 saturated heterocycles. The van der Waals surface area contributed by atoms with E-state index >= 15 is 4.79 Å². The number of rotatable bonds is 5. The van der Waals surface area contributed by atoms with Crippen molar-refractivity contribution >= 4 is 38.6 Å². The van der Waals surface area contributed by atoms with Gasteiger partial charge < -0.3 is 13.9 Å². The number of hydrazine groups is 1. The Bertz CT molecular complexity index is 1700. The third kappa shape index (κ3) is 6.28. The van der Waals surface area contributed by atoms with Crippen LogP contribution in [0.25, 0.3) is 11.0 Å². The van der Waals surface area contributed by atoms with Crippen LogP contribution in [0.1, 0.15) is 50.1 Å². The van der Waals surface area contributed by atoms with Crippen LogP contribution in [0, 0.1) is 5.92 Å². The average molecular weight is 654 g/mol. The molecule has 0 radical (unpaired) electrons. The Hall–Kier alpha value is -3.78. The van der Waals surface area contributed by atoms with Crippen LogP contribution in [0.5, 0.6) is 5.75 Å². The summed E-state index contributed by atoms with van der Waals surface area (Å²) < 4.78 is 47.9. The minimum Gasteiger partial charge on any atom is -0.488 e. The summed E-state index contributed by atoms with van der Waals surface area (Å²) in [6.07, 6.45) is -0.0816. The molecule has 3 aromatic rings. The lowest BCUT2D eigenvalue weighted by Crippen LogP contribution is -2.72. The SMILES string of the molecule is CC(C)CCC(=O)N1NC(=O)c2cc3cc(ccc3o2)OCC[N+]2(CCOCC2)C2C(=O)C1CCCN2S(=O)(=O)c1ccccc1. The smallest absolute Gasteiger partial charge is 0.305 e. The number of quaternary nitrogens is 1. The van der Waals surface area contributed by atoms with Gasteiger partial charge in [-0.2, -0.15) is 0 Å². The highest BCUT2D eigenvalue weighted by Crippen LogP contribution is 2.33. The molecular weight excluding hydrogens is 612 g/mol. The van der Waals surface area contributed by atoms with E-state index in [2.05, 4.69) is 5.43 Å². The molecule has 3 aliphatic heterocycles. The molecule has 2 fully saturated rings. The maximum atomic E-state index is 15.1. The molecule has 246 valence electrons. The van der Waals surface area contributed by atoms with Gasteiger partial charge >= 0.3 is 5.91 Å². The number of carbonyl (C=O) groups excluding carboxylic acids is 3. The Balaban J connectivity index is 1.50. The van der Waals surface area contributed by atoms with E-state index in [4.69, 9.17) is 13.9 Å². The van der Waals surface area contributed by atoms with Crippen LogP contribution in [0.4, 0.5) is 0 Å². The van der Waals surface area contributed by atoms with Gasteiger partial charge in [-0.25, -0.2) is 13.4 Å². The van der Waals surface area contributed by atoms with E-state index < -0.39 is 39.8 Å². The fourth-order valence-electron chi connectivity index (χ4n) is 6.67. The normalized spacial score (nSPS) is 22.8. The second-order valence-corrected chi connectivity index (χ2v) is 14.6. The number of morpholine rings is 1. The third-order valence-electron chi connectivity index (χ3n) is 9.20. The number of carbonyl (C=O) groups is 3. The van der Waals surface area contributed by atoms with Gasteiger partial charge in [0.15, 0.2) is 5.76 Å². The number of sulfonamides is 1. The third-order valence-corrected chi connectivity index (χ3v) is 11.1. The number of hydrogen-bond acceptors (Lipinski definition) is 8. The van der Waals surface area contributed by atoms with E-state index in [0.717, 1.165) is 5.01 Å². The van der Waals surface area contributed by atoms with E-state index in [-0.39, 0.29) is 47.0 Å². The van der Waals surface area contributed by atoms with E-state index in [9.17, 15) is 18.0 Å². The first-order chi connectivity index (χ1) is 22.1. The van der Waals surface area contributed by atoms with Crippen LogP contribution in [-0.2, 0) is 24.3 Å². The van der Waals surface area contributed by atoms with Gasteiger partial charge in [0.05, 0.1) is 18.1 Å². The summed E-state index contributed by atoms with van der Waals surface area (Å²) in [5.74, 6) is -0.811. The van der Waals surface area contributed by atoms with Gasteiger partial charge in [0, 0.05) is 18.4 Å². The fourth-order valence-corrected chi connectivity index (χ4v) is 8.38. The summed E-state index contributed by atoms with van der Waals surface area (Å²) in [6.45, 7) is 5.94. The number of furan rings is 1. The van der Waals surface area contributed by atoms with Gasteiger partial charge in [0.1, 0.15) is 43.6 Å². The predicted octanol–water partition coefficient (Wildman–Crippen LogP) is 3.33. The number of benzene rings is 2. The first-order valence-corrected chi connectivity index (χ1v) is 17.4. The second kappa shape index (κ2) is 13.1. The number of fused-ring (bicyclic) bond motifs is 5. The molecule has 0 aliphatic carbocycles. The summed E-state index contributed by atoms with van der Waals surface area (Å²) in [6, 6.07) is 13.8. The minimum absolute atomic E-state index is 0.0220. The lowest BCUT2D eigenvalue weighted by atomic mass is 10.0. The van der Waals surface area contributed by atoms with Gasteiger partial charge in [0.25, 0.3) is 0 Å². The summed E-state index contributed by atoms with van der Waals surface area (Å²) in [5.41, 5.74) is 3.19. The lowest BCUT2D eigenvalue weighted by molar-refractivity contribution is -0.957. The van der Waals surface area contributed by atoms with Crippen molar-refractivity contribution in [3.05, 3.63) is 60.4 Å². The summed E-state index contributed by atoms with van der Waals surface area (Å²) in [4.78, 5) is 42.7. The molecular formula is C33H41N4O8S+. The molecule has 3 aliphatic rings. The molecule has 2 aromatic carbocycles. The highest BCUT2D eigenvalue weighted by Gasteiger charge is 2.55. The molecule has 13 heteroatoms. The predicted molar refractivity (Wildman–Crippen MR) is 168 cm³/mol. The first-order valence-electron chi connectivity index (χ1n) is 15.9. The molecule has 0 saturated carbocycles. The quantitative estimate of drug-likeness (QED) is 0.415. The van der Waals surface area contributed by atoms with Crippen LogP contribution in [0.15, 0.2) is 63.9 Å². The number of amides is 2. The number of Topliss-reactive ketones (excluding diaryl/α,β-unsaturated/α-hetero) is 1. The molecule has 1 spiro atoms. The zero-order chi connectivity index (χ0) is 32.5. The Labute approximate surface area is 268 Å². The molecule has 4 heterocycles. The zero-order valence-corrected chi connectivity index (χ0v) is 27.0. The summed E-state index contributed by atoms with van der Waals surface area (Å²) >= 11 is 0. The van der Waals surface area contributed by atoms with Gasteiger partial charge in [-0.1, -0.05) is 32.0 Å². The number of hydrogen-bond donors (Lipinski definition) is 1. The van der Waals surface area contributed by atoms with Crippen LogP contribution in [-0.4, -0.2) is 98.0 Å². The molecule has 5 bridgehead atoms. The van der Waals surface area contributed by atoms with E-state index in [1.807, 2.05) is 13.8 Å². The molecule has 1 N–H and O–H groups in total. The van der Waals surface area contributed by atoms with Crippen molar-refractivity contribution < 1.29 is 41.2 Å². The second-order valence-electron chi connectivity index (χ2n) is 12.7. The topological polar surface area (TPSA) is 135 Å². The van der Waals surface area contributed by atoms with Crippen LogP contribution in [0.2, 0.25) is 0 Å². The molecule has 2 atom stereocenters. The Kier molecular flexibility index (Phi) is 9.19. The number of ketones is 1. The van der Waals surface area contributed by atoms with Crippen molar-refractivity contribution in [2.45, 2.75) is 56.6 Å². The highest BCUT2D eigenvalue weighted by atomic mass is 32.2. The monoisotopic (exact) mass is 653 g/mol. The molecule has 12 nitrogen and oxygen atoms in total. The maximum absolute atomic E-state index is 15.1. The van der Waals surface area contributed by atoms with E-state index in [1.165, 1.54) is 16.4 Å². The highest BCUT2D eigenvalue weighted by molar-refractivity contribution is 7.89. The number of nitrogens with zero attached hydrogens (tertiary/aromatic N) is 3. The van der Waals surface area contributed by atoms with Crippen LogP contribution in [0.3, 0.4) is 0 Å². The standard InChI is InChI=1S/C33H40N4O8S/c1-23(2)10-13-30(38)36-27-9-6-14-35(46(41,42)26-7-4-3-5-8-26)33(31(27)39)37(15-18-43-19-16-37)17-20-44-25-11-12-28-24(21-25)22-29(45-28)32(40)34-36/h3-5,7-8,11-12,21-23,27,33H,6,9-10,13-20H2,1-2H3/p+1. The molecule has 6 rings (SSSR count). The fraction of sp³-hybridized carbons (Fsp3) is 0.485. The lowest BCUT2D eigenvalue weighted by Gasteiger charge is -2.49. The number of ether oxygens (including phenoxy) is 2. The van der Waals surface area contributed by atoms with Gasteiger partial charge in [-0.15, -0.1) is 4.31 Å². The summed E-state index contributed by atoms with van der Waals surface area (Å²) in [5, 5.41) is 1.79. The Morgan fingerprint density at radius 1 is 1.02 bits per heavy atom. The van der Waals surface area contributed by atoms with Crippen LogP contribution >= 0.6 is 0 Å². The van der Waals surface area contributed by atoms with Gasteiger partial charge in [-0.05, 0) is 61.6 Å². The molecule has 46 heavy (non-hydrogen) atoms. The van der Waals surface area contributed by atoms with Gasteiger partial charge in [0.2, 0.25) is 27.9 Å². The van der Waals surface area contributed by atoms with E-state index in [1.54, 1.807) is 42.5 Å². The van der Waals surface area contributed by atoms with Crippen molar-refractivity contribution in [1.29, 1.82) is 0 Å². The molecule has 2 unspecified atom stereocenters. The zero-order valence-electron chi connectivity index (χ0n) is 26.2.